The van der Waals surface area contributed by atoms with Gasteiger partial charge in [0.1, 0.15) is 87.5 Å². The fourth-order valence-electron chi connectivity index (χ4n) is 7.86. The molecule has 450 valence electrons. The number of amides is 3. The van der Waals surface area contributed by atoms with Gasteiger partial charge in [-0.3, -0.25) is 14.4 Å². The maximum absolute atomic E-state index is 12.8. The van der Waals surface area contributed by atoms with Gasteiger partial charge in [0.25, 0.3) is 17.7 Å². The SMILES string of the molecule is CC(NC(=O)c1cn(COCC[Si](C)(C)C)c2ncc(Br)nc12)c1ncco1.C[C@@H](NC(=O)c1cn(COCC[Si](C)(C)C)c2ncc(Br)nc12)c1ncco1.C[C@H](NC(=O)c1cn(COCC[Si](C)(C)C)c2ncc(Br)nc12)c1ncco1. The summed E-state index contributed by atoms with van der Waals surface area (Å²) in [5, 5.41) is 8.65. The third-order valence-electron chi connectivity index (χ3n) is 12.5. The molecule has 9 rings (SSSR count). The van der Waals surface area contributed by atoms with E-state index < -0.39 is 24.2 Å². The maximum atomic E-state index is 12.8. The third-order valence-corrected chi connectivity index (χ3v) is 18.8. The molecule has 30 heteroatoms. The van der Waals surface area contributed by atoms with Gasteiger partial charge in [-0.15, -0.1) is 0 Å². The predicted molar refractivity (Wildman–Crippen MR) is 335 cm³/mol. The fourth-order valence-corrected chi connectivity index (χ4v) is 11.0. The van der Waals surface area contributed by atoms with Crippen LogP contribution < -0.4 is 16.0 Å². The van der Waals surface area contributed by atoms with Crippen molar-refractivity contribution in [2.45, 2.75) is 136 Å². The van der Waals surface area contributed by atoms with Crippen molar-refractivity contribution in [3.8, 4) is 0 Å². The summed E-state index contributed by atoms with van der Waals surface area (Å²) in [7, 11) is -3.48. The first-order valence-corrected chi connectivity index (χ1v) is 40.6. The first kappa shape index (κ1) is 65.4. The minimum atomic E-state index is -1.16. The van der Waals surface area contributed by atoms with E-state index in [-0.39, 0.29) is 35.8 Å². The number of aromatic nitrogens is 12. The van der Waals surface area contributed by atoms with E-state index in [0.717, 1.165) is 18.1 Å². The van der Waals surface area contributed by atoms with Crippen molar-refractivity contribution < 1.29 is 41.8 Å². The van der Waals surface area contributed by atoms with E-state index in [1.165, 1.54) is 18.8 Å². The number of nitrogens with zero attached hydrogens (tertiary/aromatic N) is 12. The Balaban J connectivity index is 0.000000181. The van der Waals surface area contributed by atoms with Gasteiger partial charge in [-0.2, -0.15) is 0 Å². The Morgan fingerprint density at radius 1 is 0.464 bits per heavy atom. The second-order valence-electron chi connectivity index (χ2n) is 23.4. The highest BCUT2D eigenvalue weighted by atomic mass is 79.9. The molecular formula is C54H72Br3N15O9Si3. The minimum absolute atomic E-state index is 0.274. The molecule has 0 spiro atoms. The topological polar surface area (TPSA) is 285 Å². The number of oxazole rings is 3. The summed E-state index contributed by atoms with van der Waals surface area (Å²) in [4.78, 5) is 77.3. The van der Waals surface area contributed by atoms with Crippen molar-refractivity contribution in [2.75, 3.05) is 19.8 Å². The van der Waals surface area contributed by atoms with Gasteiger partial charge in [-0.25, -0.2) is 44.9 Å². The average Bonchev–Trinajstić information content (AvgIpc) is 3.96. The molecule has 9 aromatic rings. The van der Waals surface area contributed by atoms with E-state index >= 15 is 0 Å². The highest BCUT2D eigenvalue weighted by Gasteiger charge is 2.25. The van der Waals surface area contributed by atoms with Gasteiger partial charge in [-0.1, -0.05) is 58.9 Å². The van der Waals surface area contributed by atoms with Crippen LogP contribution >= 0.6 is 47.8 Å². The number of nitrogens with one attached hydrogen (secondary N) is 3. The lowest BCUT2D eigenvalue weighted by molar-refractivity contribution is 0.0884. The van der Waals surface area contributed by atoms with Crippen molar-refractivity contribution in [2.24, 2.45) is 0 Å². The zero-order chi connectivity index (χ0) is 60.9. The van der Waals surface area contributed by atoms with Gasteiger partial charge in [0.2, 0.25) is 17.7 Å². The van der Waals surface area contributed by atoms with Crippen molar-refractivity contribution >= 4 is 123 Å². The van der Waals surface area contributed by atoms with Crippen LogP contribution in [-0.2, 0) is 34.4 Å². The maximum Gasteiger partial charge on any atom is 0.255 e. The van der Waals surface area contributed by atoms with E-state index in [0.29, 0.717) is 122 Å². The fraction of sp³-hybridized carbons (Fsp3) is 0.444. The van der Waals surface area contributed by atoms with E-state index in [1.807, 2.05) is 34.5 Å². The van der Waals surface area contributed by atoms with Gasteiger partial charge in [0.05, 0.1) is 53.9 Å². The molecular weight excluding hydrogens is 1330 g/mol. The standard InChI is InChI=1S/3C18H24BrN5O3Si/c3*1-12(18-20-5-6-27-18)22-17(25)13-10-24(11-26-7-8-28(2,3)4)16-15(13)23-14(19)9-21-16/h3*5-6,9-10,12H,7-8,11H2,1-4H3,(H,22,25)/t2*12-;/m10./s1. The van der Waals surface area contributed by atoms with Crippen LogP contribution in [0.25, 0.3) is 33.5 Å². The Bertz CT molecular complexity index is 3230. The van der Waals surface area contributed by atoms with Gasteiger partial charge in [0, 0.05) is 62.6 Å². The van der Waals surface area contributed by atoms with Gasteiger partial charge in [0.15, 0.2) is 16.9 Å². The molecule has 24 nitrogen and oxygen atoms in total. The third kappa shape index (κ3) is 18.9. The minimum Gasteiger partial charge on any atom is -0.447 e. The van der Waals surface area contributed by atoms with E-state index in [1.54, 1.807) is 55.8 Å². The smallest absolute Gasteiger partial charge is 0.255 e. The van der Waals surface area contributed by atoms with Crippen LogP contribution in [0.15, 0.2) is 102 Å². The Kier molecular flexibility index (Phi) is 22.8. The number of hydrogen-bond acceptors (Lipinski definition) is 18. The zero-order valence-electron chi connectivity index (χ0n) is 49.2. The van der Waals surface area contributed by atoms with Crippen molar-refractivity contribution in [3.05, 3.63) is 123 Å². The average molecular weight is 1400 g/mol. The number of rotatable bonds is 24. The Morgan fingerprint density at radius 2 is 0.726 bits per heavy atom. The molecule has 0 bridgehead atoms. The van der Waals surface area contributed by atoms with Crippen LogP contribution in [0.1, 0.15) is 87.6 Å². The highest BCUT2D eigenvalue weighted by Crippen LogP contribution is 2.26. The number of carbonyl (C=O) groups is 3. The molecule has 0 aromatic carbocycles. The number of ether oxygens (including phenoxy) is 3. The summed E-state index contributed by atoms with van der Waals surface area (Å²) in [5.41, 5.74) is 4.63. The number of hydrogen-bond donors (Lipinski definition) is 3. The number of fused-ring (bicyclic) bond motifs is 3. The van der Waals surface area contributed by atoms with Gasteiger partial charge < -0.3 is 57.1 Å². The molecule has 84 heavy (non-hydrogen) atoms. The predicted octanol–water partition coefficient (Wildman–Crippen LogP) is 12.0. The quantitative estimate of drug-likeness (QED) is 0.0374. The van der Waals surface area contributed by atoms with Crippen LogP contribution in [0.4, 0.5) is 0 Å². The van der Waals surface area contributed by atoms with Crippen LogP contribution in [0.5, 0.6) is 0 Å². The number of carbonyl (C=O) groups excluding carboxylic acids is 3. The van der Waals surface area contributed by atoms with E-state index in [4.69, 9.17) is 27.5 Å². The molecule has 0 aliphatic carbocycles. The first-order valence-electron chi connectivity index (χ1n) is 27.1. The molecule has 0 saturated heterocycles. The zero-order valence-corrected chi connectivity index (χ0v) is 57.0. The lowest BCUT2D eigenvalue weighted by Crippen LogP contribution is -2.26. The normalized spacial score (nSPS) is 13.0. The molecule has 1 unspecified atom stereocenters. The molecule has 3 N–H and O–H groups in total. The molecule has 9 aromatic heterocycles. The molecule has 0 fully saturated rings. The molecule has 0 radical (unpaired) electrons. The van der Waals surface area contributed by atoms with E-state index in [2.05, 4.69) is 168 Å². The molecule has 3 atom stereocenters. The number of halogens is 3. The Morgan fingerprint density at radius 3 is 0.952 bits per heavy atom. The summed E-state index contributed by atoms with van der Waals surface area (Å²) >= 11 is 9.98. The van der Waals surface area contributed by atoms with Crippen LogP contribution in [0.3, 0.4) is 0 Å². The summed E-state index contributed by atoms with van der Waals surface area (Å²) in [6.07, 6.45) is 19.1. The Labute approximate surface area is 514 Å². The van der Waals surface area contributed by atoms with Crippen LogP contribution in [0.2, 0.25) is 77.1 Å². The monoisotopic (exact) mass is 1400 g/mol. The molecule has 3 amide bonds. The Hall–Kier alpha value is -6.13. The van der Waals surface area contributed by atoms with Crippen molar-refractivity contribution in [3.63, 3.8) is 0 Å². The van der Waals surface area contributed by atoms with Crippen molar-refractivity contribution in [1.29, 1.82) is 0 Å². The van der Waals surface area contributed by atoms with Crippen LogP contribution in [-0.4, -0.2) is 120 Å². The molecule has 0 saturated carbocycles. The van der Waals surface area contributed by atoms with Gasteiger partial charge >= 0.3 is 0 Å². The first-order chi connectivity index (χ1) is 39.7. The second-order valence-corrected chi connectivity index (χ2v) is 42.7. The second kappa shape index (κ2) is 29.3. The summed E-state index contributed by atoms with van der Waals surface area (Å²) in [6.45, 7) is 29.2. The largest absolute Gasteiger partial charge is 0.447 e. The van der Waals surface area contributed by atoms with Crippen molar-refractivity contribution in [1.82, 2.24) is 74.5 Å². The molecule has 9 heterocycles. The molecule has 0 aliphatic heterocycles. The summed E-state index contributed by atoms with van der Waals surface area (Å²) < 4.78 is 40.4. The highest BCUT2D eigenvalue weighted by molar-refractivity contribution is 9.11. The van der Waals surface area contributed by atoms with Crippen LogP contribution in [0, 0.1) is 0 Å². The van der Waals surface area contributed by atoms with E-state index in [9.17, 15) is 14.4 Å². The molecule has 0 aliphatic rings. The summed E-state index contributed by atoms with van der Waals surface area (Å²) in [6, 6.07) is 2.12. The van der Waals surface area contributed by atoms with Gasteiger partial charge in [-0.05, 0) is 86.7 Å². The summed E-state index contributed by atoms with van der Waals surface area (Å²) in [5.74, 6) is 0.508. The lowest BCUT2D eigenvalue weighted by atomic mass is 10.2. The lowest BCUT2D eigenvalue weighted by Gasteiger charge is -2.15.